The summed E-state index contributed by atoms with van der Waals surface area (Å²) in [6.07, 6.45) is 3.73. The Kier molecular flexibility index (Phi) is 4.87. The van der Waals surface area contributed by atoms with Crippen molar-refractivity contribution in [2.45, 2.75) is 52.0 Å². The van der Waals surface area contributed by atoms with Crippen LogP contribution in [0.2, 0.25) is 0 Å². The van der Waals surface area contributed by atoms with Crippen molar-refractivity contribution in [3.8, 4) is 0 Å². The number of benzene rings is 1. The van der Waals surface area contributed by atoms with Gasteiger partial charge in [0.1, 0.15) is 0 Å². The van der Waals surface area contributed by atoms with Crippen LogP contribution in [-0.2, 0) is 0 Å². The number of rotatable bonds is 4. The summed E-state index contributed by atoms with van der Waals surface area (Å²) < 4.78 is 0. The molecule has 2 N–H and O–H groups in total. The Balaban J connectivity index is 2.05. The molecule has 3 atom stereocenters. The fourth-order valence-electron chi connectivity index (χ4n) is 3.01. The van der Waals surface area contributed by atoms with E-state index in [-0.39, 0.29) is 6.04 Å². The fourth-order valence-corrected chi connectivity index (χ4v) is 3.01. The number of piperidine rings is 1. The second kappa shape index (κ2) is 6.42. The van der Waals surface area contributed by atoms with Crippen LogP contribution < -0.4 is 10.6 Å². The van der Waals surface area contributed by atoms with E-state index in [0.717, 1.165) is 12.3 Å². The lowest BCUT2D eigenvalue weighted by atomic mass is 9.92. The minimum absolute atomic E-state index is 0.265. The monoisotopic (exact) mass is 260 g/mol. The molecule has 1 fully saturated rings. The van der Waals surface area contributed by atoms with Gasteiger partial charge >= 0.3 is 0 Å². The van der Waals surface area contributed by atoms with Crippen molar-refractivity contribution in [1.82, 2.24) is 0 Å². The SMILES string of the molecule is CCC(N)C(C)c1ccc(N2CCCC(C)C2)cc1. The van der Waals surface area contributed by atoms with Crippen LogP contribution >= 0.6 is 0 Å². The Bertz CT molecular complexity index is 385. The highest BCUT2D eigenvalue weighted by atomic mass is 15.1. The van der Waals surface area contributed by atoms with Gasteiger partial charge in [0.15, 0.2) is 0 Å². The molecule has 2 nitrogen and oxygen atoms in total. The van der Waals surface area contributed by atoms with Crippen LogP contribution in [-0.4, -0.2) is 19.1 Å². The van der Waals surface area contributed by atoms with Gasteiger partial charge in [0.25, 0.3) is 0 Å². The first-order chi connectivity index (χ1) is 9.11. The lowest BCUT2D eigenvalue weighted by Gasteiger charge is -2.33. The first kappa shape index (κ1) is 14.4. The molecule has 106 valence electrons. The summed E-state index contributed by atoms with van der Waals surface area (Å²) in [5.74, 6) is 1.26. The number of hydrogen-bond acceptors (Lipinski definition) is 2. The van der Waals surface area contributed by atoms with Crippen molar-refractivity contribution in [2.75, 3.05) is 18.0 Å². The molecule has 3 unspecified atom stereocenters. The lowest BCUT2D eigenvalue weighted by molar-refractivity contribution is 0.447. The Labute approximate surface area is 118 Å². The smallest absolute Gasteiger partial charge is 0.0366 e. The molecular weight excluding hydrogens is 232 g/mol. The van der Waals surface area contributed by atoms with Gasteiger partial charge < -0.3 is 10.6 Å². The highest BCUT2D eigenvalue weighted by Gasteiger charge is 2.17. The Hall–Kier alpha value is -1.02. The third-order valence-electron chi connectivity index (χ3n) is 4.55. The summed E-state index contributed by atoms with van der Waals surface area (Å²) in [7, 11) is 0. The van der Waals surface area contributed by atoms with Crippen molar-refractivity contribution in [3.05, 3.63) is 29.8 Å². The van der Waals surface area contributed by atoms with Crippen LogP contribution in [0.25, 0.3) is 0 Å². The van der Waals surface area contributed by atoms with Crippen LogP contribution in [0.3, 0.4) is 0 Å². The maximum atomic E-state index is 6.14. The highest BCUT2D eigenvalue weighted by molar-refractivity contribution is 5.48. The van der Waals surface area contributed by atoms with Gasteiger partial charge in [0.05, 0.1) is 0 Å². The van der Waals surface area contributed by atoms with E-state index >= 15 is 0 Å². The standard InChI is InChI=1S/C17H28N2/c1-4-17(18)14(3)15-7-9-16(10-8-15)19-11-5-6-13(2)12-19/h7-10,13-14,17H,4-6,11-12,18H2,1-3H3. The van der Waals surface area contributed by atoms with Gasteiger partial charge in [-0.25, -0.2) is 0 Å². The Morgan fingerprint density at radius 2 is 2.00 bits per heavy atom. The van der Waals surface area contributed by atoms with E-state index in [9.17, 15) is 0 Å². The fraction of sp³-hybridized carbons (Fsp3) is 0.647. The molecule has 2 rings (SSSR count). The van der Waals surface area contributed by atoms with E-state index in [1.165, 1.54) is 37.2 Å². The van der Waals surface area contributed by atoms with Crippen LogP contribution in [0.15, 0.2) is 24.3 Å². The average molecular weight is 260 g/mol. The molecule has 0 radical (unpaired) electrons. The average Bonchev–Trinajstić information content (AvgIpc) is 2.46. The van der Waals surface area contributed by atoms with Gasteiger partial charge in [-0.15, -0.1) is 0 Å². The topological polar surface area (TPSA) is 29.3 Å². The van der Waals surface area contributed by atoms with Gasteiger partial charge in [0.2, 0.25) is 0 Å². The minimum Gasteiger partial charge on any atom is -0.371 e. The molecule has 0 spiro atoms. The van der Waals surface area contributed by atoms with Crippen LogP contribution in [0.5, 0.6) is 0 Å². The third-order valence-corrected chi connectivity index (χ3v) is 4.55. The van der Waals surface area contributed by atoms with Gasteiger partial charge in [-0.3, -0.25) is 0 Å². The van der Waals surface area contributed by atoms with Gasteiger partial charge in [0, 0.05) is 24.8 Å². The zero-order valence-corrected chi connectivity index (χ0v) is 12.6. The van der Waals surface area contributed by atoms with E-state index < -0.39 is 0 Å². The van der Waals surface area contributed by atoms with Crippen LogP contribution in [0.4, 0.5) is 5.69 Å². The van der Waals surface area contributed by atoms with Crippen molar-refractivity contribution in [3.63, 3.8) is 0 Å². The quantitative estimate of drug-likeness (QED) is 0.893. The molecule has 1 saturated heterocycles. The van der Waals surface area contributed by atoms with Crippen molar-refractivity contribution < 1.29 is 0 Å². The predicted octanol–water partition coefficient (Wildman–Crippen LogP) is 3.76. The zero-order chi connectivity index (χ0) is 13.8. The summed E-state index contributed by atoms with van der Waals surface area (Å²) in [5.41, 5.74) is 8.87. The molecular formula is C17H28N2. The molecule has 1 heterocycles. The molecule has 19 heavy (non-hydrogen) atoms. The van der Waals surface area contributed by atoms with Gasteiger partial charge in [-0.2, -0.15) is 0 Å². The maximum absolute atomic E-state index is 6.14. The van der Waals surface area contributed by atoms with Crippen molar-refractivity contribution in [2.24, 2.45) is 11.7 Å². The minimum atomic E-state index is 0.265. The second-order valence-electron chi connectivity index (χ2n) is 6.15. The normalized spacial score (nSPS) is 23.2. The van der Waals surface area contributed by atoms with E-state index in [2.05, 4.69) is 49.9 Å². The van der Waals surface area contributed by atoms with Crippen LogP contribution in [0, 0.1) is 5.92 Å². The Morgan fingerprint density at radius 1 is 1.32 bits per heavy atom. The van der Waals surface area contributed by atoms with E-state index in [0.29, 0.717) is 5.92 Å². The summed E-state index contributed by atoms with van der Waals surface area (Å²) in [6, 6.07) is 9.32. The van der Waals surface area contributed by atoms with Crippen molar-refractivity contribution >= 4 is 5.69 Å². The lowest BCUT2D eigenvalue weighted by Crippen LogP contribution is -2.34. The summed E-state index contributed by atoms with van der Waals surface area (Å²) in [4.78, 5) is 2.52. The Morgan fingerprint density at radius 3 is 2.58 bits per heavy atom. The third kappa shape index (κ3) is 3.50. The highest BCUT2D eigenvalue weighted by Crippen LogP contribution is 2.26. The largest absolute Gasteiger partial charge is 0.371 e. The molecule has 0 bridgehead atoms. The predicted molar refractivity (Wildman–Crippen MR) is 83.7 cm³/mol. The zero-order valence-electron chi connectivity index (χ0n) is 12.6. The summed E-state index contributed by atoms with van der Waals surface area (Å²) in [5, 5.41) is 0. The molecule has 0 saturated carbocycles. The molecule has 0 aliphatic carbocycles. The van der Waals surface area contributed by atoms with Crippen LogP contribution in [0.1, 0.15) is 51.5 Å². The summed E-state index contributed by atoms with van der Waals surface area (Å²) in [6.45, 7) is 9.14. The molecule has 0 amide bonds. The summed E-state index contributed by atoms with van der Waals surface area (Å²) >= 11 is 0. The molecule has 0 aromatic heterocycles. The number of nitrogens with two attached hydrogens (primary N) is 1. The number of nitrogens with zero attached hydrogens (tertiary/aromatic N) is 1. The molecule has 1 aliphatic heterocycles. The first-order valence-corrected chi connectivity index (χ1v) is 7.72. The molecule has 1 aromatic carbocycles. The maximum Gasteiger partial charge on any atom is 0.0366 e. The van der Waals surface area contributed by atoms with E-state index in [1.807, 2.05) is 0 Å². The number of hydrogen-bond donors (Lipinski definition) is 1. The molecule has 2 heteroatoms. The second-order valence-corrected chi connectivity index (χ2v) is 6.15. The molecule has 1 aromatic rings. The van der Waals surface area contributed by atoms with Gasteiger partial charge in [-0.05, 0) is 48.8 Å². The molecule has 1 aliphatic rings. The van der Waals surface area contributed by atoms with Crippen molar-refractivity contribution in [1.29, 1.82) is 0 Å². The van der Waals surface area contributed by atoms with E-state index in [4.69, 9.17) is 5.73 Å². The van der Waals surface area contributed by atoms with Gasteiger partial charge in [-0.1, -0.05) is 32.9 Å². The first-order valence-electron chi connectivity index (χ1n) is 7.72. The number of anilines is 1. The van der Waals surface area contributed by atoms with E-state index in [1.54, 1.807) is 0 Å².